The number of aryl methyl sites for hydroxylation is 2. The van der Waals surface area contributed by atoms with Crippen molar-refractivity contribution in [3.05, 3.63) is 185 Å². The third kappa shape index (κ3) is 8.03. The van der Waals surface area contributed by atoms with Gasteiger partial charge in [0.2, 0.25) is 0 Å². The first kappa shape index (κ1) is 30.7. The van der Waals surface area contributed by atoms with Gasteiger partial charge in [-0.2, -0.15) is 0 Å². The Labute approximate surface area is 271 Å². The van der Waals surface area contributed by atoms with Crippen molar-refractivity contribution in [1.82, 2.24) is 0 Å². The molecule has 3 unspecified atom stereocenters. The predicted octanol–water partition coefficient (Wildman–Crippen LogP) is 11.9. The molecule has 0 radical (unpaired) electrons. The fourth-order valence-electron chi connectivity index (χ4n) is 6.99. The molecule has 0 amide bonds. The Bertz CT molecular complexity index is 1660. The molecule has 0 saturated heterocycles. The van der Waals surface area contributed by atoms with Gasteiger partial charge in [0.15, 0.2) is 0 Å². The number of anilines is 1. The molecule has 3 aliphatic carbocycles. The van der Waals surface area contributed by atoms with E-state index in [1.54, 1.807) is 0 Å². The van der Waals surface area contributed by atoms with Gasteiger partial charge < -0.3 is 4.90 Å². The third-order valence-corrected chi connectivity index (χ3v) is 9.42. The molecular weight excluding hydrogens is 542 g/mol. The van der Waals surface area contributed by atoms with Crippen molar-refractivity contribution in [1.29, 1.82) is 0 Å². The van der Waals surface area contributed by atoms with E-state index in [4.69, 9.17) is 0 Å². The van der Waals surface area contributed by atoms with E-state index in [1.807, 2.05) is 0 Å². The van der Waals surface area contributed by atoms with E-state index in [9.17, 15) is 0 Å². The van der Waals surface area contributed by atoms with Gasteiger partial charge in [-0.15, -0.1) is 0 Å². The van der Waals surface area contributed by atoms with Crippen molar-refractivity contribution < 1.29 is 0 Å². The van der Waals surface area contributed by atoms with E-state index in [-0.39, 0.29) is 0 Å². The molecule has 6 rings (SSSR count). The molecule has 0 spiro atoms. The van der Waals surface area contributed by atoms with Crippen molar-refractivity contribution >= 4 is 5.69 Å². The summed E-state index contributed by atoms with van der Waals surface area (Å²) >= 11 is 0. The summed E-state index contributed by atoms with van der Waals surface area (Å²) in [6.45, 7) is 4.38. The number of hydrogen-bond donors (Lipinski definition) is 0. The van der Waals surface area contributed by atoms with E-state index < -0.39 is 0 Å². The highest BCUT2D eigenvalue weighted by Gasteiger charge is 2.20. The molecular formula is C44H47N. The molecule has 0 bridgehead atoms. The summed E-state index contributed by atoms with van der Waals surface area (Å²) < 4.78 is 0. The minimum absolute atomic E-state index is 0.411. The maximum atomic E-state index is 2.49. The number of rotatable bonds is 9. The average Bonchev–Trinajstić information content (AvgIpc) is 3.29. The lowest BCUT2D eigenvalue weighted by Gasteiger charge is -2.31. The van der Waals surface area contributed by atoms with Gasteiger partial charge in [0.25, 0.3) is 0 Å². The highest BCUT2D eigenvalue weighted by atomic mass is 15.2. The van der Waals surface area contributed by atoms with Crippen LogP contribution < -0.4 is 4.90 Å². The van der Waals surface area contributed by atoms with Crippen LogP contribution in [0.2, 0.25) is 0 Å². The van der Waals surface area contributed by atoms with E-state index in [2.05, 4.69) is 164 Å². The van der Waals surface area contributed by atoms with Gasteiger partial charge in [0, 0.05) is 28.9 Å². The standard InChI is InChI=1S/C44H47N/c1-34-14-11-21-40(32-34)44(39-18-5-3-6-19-39)31-27-36-16-13-20-38(28-26-36)37-17-9-10-24-42(30-29-37)45(41-22-7-4-8-23-41)43-25-12-15-35(2)33-43/h3-7,11-16,18-22,24-26,28-30,32-33,36-37,44H,8-10,17,23,27,31H2,1-2H3/b30-29-,42-24-. The molecule has 0 N–H and O–H groups in total. The van der Waals surface area contributed by atoms with E-state index in [0.717, 1.165) is 32.1 Å². The number of hydrogen-bond acceptors (Lipinski definition) is 1. The summed E-state index contributed by atoms with van der Waals surface area (Å²) in [6.07, 6.45) is 33.9. The van der Waals surface area contributed by atoms with E-state index in [0.29, 0.717) is 17.8 Å². The summed E-state index contributed by atoms with van der Waals surface area (Å²) in [7, 11) is 0. The highest BCUT2D eigenvalue weighted by molar-refractivity contribution is 5.62. The summed E-state index contributed by atoms with van der Waals surface area (Å²) in [5, 5.41) is 0. The first-order valence-electron chi connectivity index (χ1n) is 16.9. The second-order valence-corrected chi connectivity index (χ2v) is 12.9. The van der Waals surface area contributed by atoms with Crippen molar-refractivity contribution in [3.63, 3.8) is 0 Å². The van der Waals surface area contributed by atoms with Crippen molar-refractivity contribution in [2.75, 3.05) is 4.90 Å². The van der Waals surface area contributed by atoms with Gasteiger partial charge >= 0.3 is 0 Å². The maximum Gasteiger partial charge on any atom is 0.0460 e. The summed E-state index contributed by atoms with van der Waals surface area (Å²) in [6, 6.07) is 29.0. The number of allylic oxidation sites excluding steroid dienone is 13. The van der Waals surface area contributed by atoms with Crippen molar-refractivity contribution in [2.24, 2.45) is 11.8 Å². The number of nitrogens with zero attached hydrogens (tertiary/aromatic N) is 1. The Balaban J connectivity index is 1.17. The lowest BCUT2D eigenvalue weighted by Crippen LogP contribution is -2.22. The Kier molecular flexibility index (Phi) is 10.3. The zero-order chi connectivity index (χ0) is 30.8. The molecule has 1 nitrogen and oxygen atoms in total. The van der Waals surface area contributed by atoms with Gasteiger partial charge in [-0.3, -0.25) is 0 Å². The lowest BCUT2D eigenvalue weighted by atomic mass is 9.84. The topological polar surface area (TPSA) is 3.24 Å². The Hall–Kier alpha value is -4.36. The largest absolute Gasteiger partial charge is 0.315 e. The Morgan fingerprint density at radius 3 is 2.38 bits per heavy atom. The fraction of sp³-hybridized carbons (Fsp3) is 0.273. The minimum atomic E-state index is 0.411. The van der Waals surface area contributed by atoms with Gasteiger partial charge in [-0.25, -0.2) is 0 Å². The molecule has 1 heteroatoms. The van der Waals surface area contributed by atoms with Crippen molar-refractivity contribution in [3.8, 4) is 0 Å². The van der Waals surface area contributed by atoms with Crippen molar-refractivity contribution in [2.45, 2.75) is 64.7 Å². The molecule has 0 fully saturated rings. The molecule has 3 atom stereocenters. The molecule has 0 heterocycles. The van der Waals surface area contributed by atoms with Crippen LogP contribution in [0.25, 0.3) is 0 Å². The first-order valence-corrected chi connectivity index (χ1v) is 16.9. The molecule has 45 heavy (non-hydrogen) atoms. The van der Waals surface area contributed by atoms with Gasteiger partial charge in [0.05, 0.1) is 0 Å². The molecule has 228 valence electrons. The molecule has 3 aromatic rings. The zero-order valence-corrected chi connectivity index (χ0v) is 27.0. The quantitative estimate of drug-likeness (QED) is 0.240. The summed E-state index contributed by atoms with van der Waals surface area (Å²) in [5.41, 5.74) is 10.8. The zero-order valence-electron chi connectivity index (χ0n) is 27.0. The third-order valence-electron chi connectivity index (χ3n) is 9.42. The summed E-state index contributed by atoms with van der Waals surface area (Å²) in [4.78, 5) is 2.49. The second kappa shape index (κ2) is 15.1. The van der Waals surface area contributed by atoms with Crippen LogP contribution in [0.4, 0.5) is 5.69 Å². The van der Waals surface area contributed by atoms with Crippen LogP contribution in [0.3, 0.4) is 0 Å². The van der Waals surface area contributed by atoms with Crippen LogP contribution in [-0.2, 0) is 0 Å². The predicted molar refractivity (Wildman–Crippen MR) is 193 cm³/mol. The fourth-order valence-corrected chi connectivity index (χ4v) is 6.99. The van der Waals surface area contributed by atoms with Crippen LogP contribution in [-0.4, -0.2) is 0 Å². The second-order valence-electron chi connectivity index (χ2n) is 12.9. The highest BCUT2D eigenvalue weighted by Crippen LogP contribution is 2.35. The SMILES string of the molecule is Cc1cccc(C(CCC2C=CC=C(C3/C=C\C(N(C4=CC=CCC4)c4cccc(C)c4)=C\CCC3)C=C2)c2ccccc2)c1. The van der Waals surface area contributed by atoms with Crippen LogP contribution in [0.1, 0.15) is 73.1 Å². The Morgan fingerprint density at radius 2 is 1.58 bits per heavy atom. The molecule has 3 aromatic carbocycles. The van der Waals surface area contributed by atoms with Gasteiger partial charge in [-0.05, 0) is 111 Å². The average molecular weight is 590 g/mol. The molecule has 0 aromatic heterocycles. The van der Waals surface area contributed by atoms with Gasteiger partial charge in [-0.1, -0.05) is 127 Å². The van der Waals surface area contributed by atoms with Crippen LogP contribution in [0.5, 0.6) is 0 Å². The Morgan fingerprint density at radius 1 is 0.756 bits per heavy atom. The smallest absolute Gasteiger partial charge is 0.0460 e. The maximum absolute atomic E-state index is 2.49. The van der Waals surface area contributed by atoms with Gasteiger partial charge in [0.1, 0.15) is 0 Å². The minimum Gasteiger partial charge on any atom is -0.315 e. The summed E-state index contributed by atoms with van der Waals surface area (Å²) in [5.74, 6) is 1.26. The van der Waals surface area contributed by atoms with E-state index >= 15 is 0 Å². The lowest BCUT2D eigenvalue weighted by molar-refractivity contribution is 0.603. The van der Waals surface area contributed by atoms with Crippen LogP contribution in [0, 0.1) is 25.7 Å². The number of benzene rings is 3. The normalized spacial score (nSPS) is 22.2. The molecule has 3 aliphatic rings. The van der Waals surface area contributed by atoms with Crippen LogP contribution in [0.15, 0.2) is 163 Å². The molecule has 0 aliphatic heterocycles. The first-order chi connectivity index (χ1) is 22.1. The van der Waals surface area contributed by atoms with Crippen LogP contribution >= 0.6 is 0 Å². The monoisotopic (exact) mass is 589 g/mol. The van der Waals surface area contributed by atoms with E-state index in [1.165, 1.54) is 57.8 Å². The molecule has 0 saturated carbocycles.